The number of ketones is 1. The van der Waals surface area contributed by atoms with Gasteiger partial charge in [0.15, 0.2) is 17.8 Å². The van der Waals surface area contributed by atoms with Crippen molar-refractivity contribution in [2.45, 2.75) is 56.1 Å². The summed E-state index contributed by atoms with van der Waals surface area (Å²) in [6, 6.07) is 43.4. The summed E-state index contributed by atoms with van der Waals surface area (Å²) < 4.78 is 19.6. The van der Waals surface area contributed by atoms with Crippen molar-refractivity contribution in [2.24, 2.45) is 0 Å². The number of aromatic nitrogens is 1. The Labute approximate surface area is 318 Å². The maximum Gasteiger partial charge on any atom is 0.319 e. The second-order valence-corrected chi connectivity index (χ2v) is 14.1. The van der Waals surface area contributed by atoms with Crippen LogP contribution >= 0.6 is 11.8 Å². The number of Topliss-reactive ketones (excluding diaryl/α,β-unsaturated/α-hetero) is 1. The molecular formula is C44H41N3O6S. The molecule has 1 unspecified atom stereocenters. The molecule has 10 heteroatoms. The Hall–Kier alpha value is -5.52. The summed E-state index contributed by atoms with van der Waals surface area (Å²) in [7, 11) is 0. The molecule has 0 bridgehead atoms. The van der Waals surface area contributed by atoms with Crippen LogP contribution in [0.25, 0.3) is 22.6 Å². The van der Waals surface area contributed by atoms with Crippen LogP contribution < -0.4 is 10.6 Å². The first kappa shape index (κ1) is 36.8. The maximum atomic E-state index is 13.1. The van der Waals surface area contributed by atoms with E-state index in [0.29, 0.717) is 35.3 Å². The van der Waals surface area contributed by atoms with Crippen molar-refractivity contribution in [1.82, 2.24) is 10.3 Å². The second-order valence-electron chi connectivity index (χ2n) is 13.1. The summed E-state index contributed by atoms with van der Waals surface area (Å²) in [5, 5.41) is 15.9. The molecule has 0 aliphatic carbocycles. The predicted octanol–water partition coefficient (Wildman–Crippen LogP) is 9.16. The van der Waals surface area contributed by atoms with Crippen molar-refractivity contribution in [3.05, 3.63) is 162 Å². The van der Waals surface area contributed by atoms with E-state index in [4.69, 9.17) is 18.9 Å². The highest BCUT2D eigenvalue weighted by Crippen LogP contribution is 2.41. The lowest BCUT2D eigenvalue weighted by atomic mass is 10.0. The topological polar surface area (TPSA) is 123 Å². The van der Waals surface area contributed by atoms with Crippen LogP contribution in [-0.2, 0) is 27.3 Å². The lowest BCUT2D eigenvalue weighted by Crippen LogP contribution is -2.43. The van der Waals surface area contributed by atoms with Gasteiger partial charge in [-0.3, -0.25) is 4.79 Å². The zero-order valence-corrected chi connectivity index (χ0v) is 30.6. The van der Waals surface area contributed by atoms with E-state index in [1.807, 2.05) is 133 Å². The Kier molecular flexibility index (Phi) is 12.0. The van der Waals surface area contributed by atoms with Gasteiger partial charge >= 0.3 is 6.03 Å². The number of aliphatic hydroxyl groups is 1. The minimum Gasteiger partial charge on any atom is -0.431 e. The zero-order chi connectivity index (χ0) is 37.3. The van der Waals surface area contributed by atoms with Gasteiger partial charge in [-0.25, -0.2) is 9.78 Å². The first-order valence-corrected chi connectivity index (χ1v) is 18.9. The molecule has 3 N–H and O–H groups in total. The number of hydrogen-bond acceptors (Lipinski definition) is 8. The highest BCUT2D eigenvalue weighted by molar-refractivity contribution is 7.99. The highest BCUT2D eigenvalue weighted by atomic mass is 32.2. The van der Waals surface area contributed by atoms with Gasteiger partial charge in [0.25, 0.3) is 5.22 Å². The molecule has 2 amide bonds. The van der Waals surface area contributed by atoms with Gasteiger partial charge in [0.2, 0.25) is 0 Å². The number of nitrogens with one attached hydrogen (secondary N) is 2. The Morgan fingerprint density at radius 3 is 2.17 bits per heavy atom. The number of carbonyl (C=O) groups excluding carboxylic acids is 2. The van der Waals surface area contributed by atoms with Crippen molar-refractivity contribution in [3.63, 3.8) is 0 Å². The van der Waals surface area contributed by atoms with Crippen LogP contribution in [0.2, 0.25) is 0 Å². The fraction of sp³-hybridized carbons (Fsp3) is 0.205. The molecule has 0 saturated carbocycles. The van der Waals surface area contributed by atoms with E-state index in [9.17, 15) is 14.7 Å². The number of oxazole rings is 1. The van der Waals surface area contributed by atoms with Gasteiger partial charge in [0.05, 0.1) is 24.9 Å². The number of thioether (sulfide) groups is 1. The maximum absolute atomic E-state index is 13.1. The molecule has 0 spiro atoms. The summed E-state index contributed by atoms with van der Waals surface area (Å²) in [4.78, 5) is 30.4. The van der Waals surface area contributed by atoms with Crippen LogP contribution in [0.1, 0.15) is 48.0 Å². The van der Waals surface area contributed by atoms with Gasteiger partial charge in [-0.2, -0.15) is 0 Å². The van der Waals surface area contributed by atoms with Crippen LogP contribution in [0.15, 0.2) is 149 Å². The van der Waals surface area contributed by atoms with Crippen molar-refractivity contribution in [3.8, 4) is 22.6 Å². The smallest absolute Gasteiger partial charge is 0.319 e. The molecule has 5 aromatic carbocycles. The van der Waals surface area contributed by atoms with Crippen LogP contribution in [0.4, 0.5) is 10.5 Å². The third-order valence-corrected chi connectivity index (χ3v) is 10.2. The molecule has 6 aromatic rings. The third kappa shape index (κ3) is 9.34. The van der Waals surface area contributed by atoms with E-state index >= 15 is 0 Å². The van der Waals surface area contributed by atoms with Gasteiger partial charge in [-0.1, -0.05) is 139 Å². The Bertz CT molecular complexity index is 2090. The summed E-state index contributed by atoms with van der Waals surface area (Å²) in [6.45, 7) is 1.43. The molecule has 4 atom stereocenters. The lowest BCUT2D eigenvalue weighted by Gasteiger charge is -2.36. The van der Waals surface area contributed by atoms with Gasteiger partial charge < -0.3 is 29.6 Å². The molecule has 1 saturated heterocycles. The van der Waals surface area contributed by atoms with Gasteiger partial charge in [0, 0.05) is 34.6 Å². The van der Waals surface area contributed by atoms with E-state index in [2.05, 4.69) is 10.6 Å². The predicted molar refractivity (Wildman–Crippen MR) is 210 cm³/mol. The van der Waals surface area contributed by atoms with Crippen LogP contribution in [0, 0.1) is 0 Å². The minimum absolute atomic E-state index is 0.0460. The number of anilines is 1. The van der Waals surface area contributed by atoms with E-state index in [0.717, 1.165) is 39.1 Å². The number of urea groups is 1. The van der Waals surface area contributed by atoms with Crippen molar-refractivity contribution >= 4 is 29.3 Å². The number of nitrogens with zero attached hydrogens (tertiary/aromatic N) is 1. The average Bonchev–Trinajstić information content (AvgIpc) is 3.65. The van der Waals surface area contributed by atoms with Gasteiger partial charge in [-0.15, -0.1) is 0 Å². The monoisotopic (exact) mass is 739 g/mol. The number of benzene rings is 5. The first-order valence-electron chi connectivity index (χ1n) is 17.9. The van der Waals surface area contributed by atoms with E-state index < -0.39 is 18.4 Å². The second kappa shape index (κ2) is 17.5. The zero-order valence-electron chi connectivity index (χ0n) is 29.8. The number of carbonyl (C=O) groups is 2. The molecule has 0 radical (unpaired) electrons. The highest BCUT2D eigenvalue weighted by Gasteiger charge is 2.33. The number of ether oxygens (including phenoxy) is 2. The molecule has 274 valence electrons. The fourth-order valence-electron chi connectivity index (χ4n) is 6.36. The minimum atomic E-state index is -0.746. The van der Waals surface area contributed by atoms with Crippen LogP contribution in [0.3, 0.4) is 0 Å². The quantitative estimate of drug-likeness (QED) is 0.100. The summed E-state index contributed by atoms with van der Waals surface area (Å²) in [6.07, 6.45) is -0.335. The molecule has 1 aliphatic rings. The molecule has 7 rings (SSSR count). The van der Waals surface area contributed by atoms with Crippen LogP contribution in [0.5, 0.6) is 0 Å². The number of amides is 2. The van der Waals surface area contributed by atoms with E-state index in [1.54, 1.807) is 6.07 Å². The molecule has 9 nitrogen and oxygen atoms in total. The van der Waals surface area contributed by atoms with Crippen molar-refractivity contribution < 1.29 is 28.6 Å². The normalized spacial score (nSPS) is 17.4. The number of aliphatic hydroxyl groups excluding tert-OH is 1. The molecule has 2 heterocycles. The summed E-state index contributed by atoms with van der Waals surface area (Å²) in [5.74, 6) is 1.12. The Morgan fingerprint density at radius 1 is 0.796 bits per heavy atom. The largest absolute Gasteiger partial charge is 0.431 e. The summed E-state index contributed by atoms with van der Waals surface area (Å²) >= 11 is 1.49. The third-order valence-electron chi connectivity index (χ3n) is 9.19. The fourth-order valence-corrected chi connectivity index (χ4v) is 7.20. The SMILES string of the molecule is CC(=O)[C@@H](Cc1ccccc1)NC(=O)Nc1cccc(C2O[C@H](CSc3nc(-c4ccccc4)c(-c4ccccc4)o3)C[C@H](c3ccc(CO)cc3)O2)c1. The van der Waals surface area contributed by atoms with E-state index in [1.165, 1.54) is 18.7 Å². The van der Waals surface area contributed by atoms with Crippen molar-refractivity contribution in [2.75, 3.05) is 11.1 Å². The number of hydrogen-bond donors (Lipinski definition) is 3. The lowest BCUT2D eigenvalue weighted by molar-refractivity contribution is -0.245. The molecule has 1 fully saturated rings. The Morgan fingerprint density at radius 2 is 1.48 bits per heavy atom. The Balaban J connectivity index is 1.09. The molecule has 1 aliphatic heterocycles. The summed E-state index contributed by atoms with van der Waals surface area (Å²) in [5.41, 5.74) is 6.68. The van der Waals surface area contributed by atoms with Crippen LogP contribution in [-0.4, -0.2) is 39.8 Å². The first-order chi connectivity index (χ1) is 26.4. The standard InChI is InChI=1S/C44H41N3O6S/c1-29(49)38(24-30-12-5-2-6-13-30)46-43(50)45-36-19-11-18-35(25-36)42-51-37(26-39(52-42)32-22-20-31(27-48)21-23-32)28-54-44-47-40(33-14-7-3-8-15-33)41(53-44)34-16-9-4-10-17-34/h2-23,25,37-39,42,48H,24,26-28H2,1H3,(H2,45,46,50)/t37-,38+,39+,42?/m0/s1. The molecule has 1 aromatic heterocycles. The van der Waals surface area contributed by atoms with E-state index in [-0.39, 0.29) is 24.6 Å². The van der Waals surface area contributed by atoms with Gasteiger partial charge in [-0.05, 0) is 42.2 Å². The molecule has 54 heavy (non-hydrogen) atoms. The molecular weight excluding hydrogens is 699 g/mol. The average molecular weight is 740 g/mol. The number of rotatable bonds is 13. The van der Waals surface area contributed by atoms with Crippen molar-refractivity contribution in [1.29, 1.82) is 0 Å². The van der Waals surface area contributed by atoms with Gasteiger partial charge in [0.1, 0.15) is 5.69 Å².